The first-order chi connectivity index (χ1) is 11.6. The largest absolute Gasteiger partial charge is 0.391 e. The molecule has 24 heavy (non-hydrogen) atoms. The summed E-state index contributed by atoms with van der Waals surface area (Å²) in [6, 6.07) is 9.94. The average molecular weight is 328 g/mol. The van der Waals surface area contributed by atoms with Crippen molar-refractivity contribution in [2.24, 2.45) is 5.92 Å². The van der Waals surface area contributed by atoms with Gasteiger partial charge in [0, 0.05) is 32.0 Å². The molecule has 2 amide bonds. The zero-order valence-corrected chi connectivity index (χ0v) is 13.9. The van der Waals surface area contributed by atoms with Crippen LogP contribution in [0.3, 0.4) is 0 Å². The number of β-amino-alcohol motifs (C(OH)–C–C–N with tert-alkyl or cyclic N) is 1. The van der Waals surface area contributed by atoms with Gasteiger partial charge in [-0.25, -0.2) is 9.48 Å². The van der Waals surface area contributed by atoms with Crippen molar-refractivity contribution >= 4 is 6.03 Å². The lowest BCUT2D eigenvalue weighted by Crippen LogP contribution is -2.49. The van der Waals surface area contributed by atoms with E-state index in [1.807, 2.05) is 36.0 Å². The van der Waals surface area contributed by atoms with Crippen LogP contribution in [0, 0.1) is 5.92 Å². The summed E-state index contributed by atoms with van der Waals surface area (Å²) >= 11 is 0. The van der Waals surface area contributed by atoms with Gasteiger partial charge < -0.3 is 15.3 Å². The van der Waals surface area contributed by atoms with Crippen LogP contribution in [-0.2, 0) is 6.42 Å². The molecule has 3 rings (SSSR count). The fraction of sp³-hybridized carbons (Fsp3) is 0.444. The lowest BCUT2D eigenvalue weighted by Gasteiger charge is -2.34. The van der Waals surface area contributed by atoms with Crippen LogP contribution in [0.1, 0.15) is 18.9 Å². The number of rotatable bonds is 4. The topological polar surface area (TPSA) is 70.4 Å². The monoisotopic (exact) mass is 328 g/mol. The molecule has 6 heteroatoms. The minimum Gasteiger partial charge on any atom is -0.391 e. The van der Waals surface area contributed by atoms with E-state index in [1.165, 1.54) is 5.56 Å². The molecule has 1 aromatic carbocycles. The number of piperidine rings is 1. The first kappa shape index (κ1) is 16.5. The van der Waals surface area contributed by atoms with Gasteiger partial charge >= 0.3 is 6.03 Å². The maximum absolute atomic E-state index is 12.1. The number of likely N-dealkylation sites (tertiary alicyclic amines) is 1. The first-order valence-corrected chi connectivity index (χ1v) is 8.43. The van der Waals surface area contributed by atoms with E-state index < -0.39 is 6.10 Å². The van der Waals surface area contributed by atoms with Crippen LogP contribution in [0.2, 0.25) is 0 Å². The number of aliphatic hydroxyl groups is 1. The zero-order chi connectivity index (χ0) is 16.9. The number of aliphatic hydroxyl groups excluding tert-OH is 1. The Morgan fingerprint density at radius 2 is 2.17 bits per heavy atom. The minimum atomic E-state index is -0.417. The number of amides is 2. The van der Waals surface area contributed by atoms with E-state index in [2.05, 4.69) is 22.5 Å². The second-order valence-corrected chi connectivity index (χ2v) is 6.38. The Bertz CT molecular complexity index is 654. The van der Waals surface area contributed by atoms with E-state index in [4.69, 9.17) is 0 Å². The summed E-state index contributed by atoms with van der Waals surface area (Å²) in [5.41, 5.74) is 2.18. The molecule has 0 aliphatic carbocycles. The van der Waals surface area contributed by atoms with E-state index in [9.17, 15) is 9.90 Å². The van der Waals surface area contributed by atoms with E-state index in [1.54, 1.807) is 11.1 Å². The molecule has 1 saturated heterocycles. The van der Waals surface area contributed by atoms with E-state index in [-0.39, 0.29) is 11.9 Å². The Hall–Kier alpha value is -2.34. The van der Waals surface area contributed by atoms with Gasteiger partial charge in [0.2, 0.25) is 0 Å². The molecule has 0 bridgehead atoms. The van der Waals surface area contributed by atoms with Crippen LogP contribution in [0.25, 0.3) is 5.69 Å². The Labute approximate surface area is 142 Å². The smallest absolute Gasteiger partial charge is 0.317 e. The molecule has 1 fully saturated rings. The fourth-order valence-corrected chi connectivity index (χ4v) is 2.90. The van der Waals surface area contributed by atoms with Crippen molar-refractivity contribution in [3.8, 4) is 5.69 Å². The van der Waals surface area contributed by atoms with Gasteiger partial charge in [0.25, 0.3) is 0 Å². The summed E-state index contributed by atoms with van der Waals surface area (Å²) in [5.74, 6) is 0.266. The minimum absolute atomic E-state index is 0.0888. The summed E-state index contributed by atoms with van der Waals surface area (Å²) in [5, 5.41) is 17.0. The van der Waals surface area contributed by atoms with Crippen molar-refractivity contribution in [3.63, 3.8) is 0 Å². The molecule has 1 aromatic heterocycles. The summed E-state index contributed by atoms with van der Waals surface area (Å²) in [6.45, 7) is 3.74. The number of urea groups is 1. The number of carbonyl (C=O) groups is 1. The highest BCUT2D eigenvalue weighted by molar-refractivity contribution is 5.74. The third-order valence-corrected chi connectivity index (χ3v) is 4.60. The highest BCUT2D eigenvalue weighted by Gasteiger charge is 2.26. The molecule has 2 heterocycles. The van der Waals surface area contributed by atoms with Gasteiger partial charge in [-0.3, -0.25) is 0 Å². The van der Waals surface area contributed by atoms with Gasteiger partial charge in [-0.2, -0.15) is 5.10 Å². The molecular formula is C18H24N4O2. The summed E-state index contributed by atoms with van der Waals surface area (Å²) < 4.78 is 1.81. The van der Waals surface area contributed by atoms with Gasteiger partial charge in [0.1, 0.15) is 0 Å². The standard InChI is InChI=1S/C18H24N4O2/c1-14-8-12-21(13-17(14)23)18(24)19-10-7-15-3-5-16(6-4-15)22-11-2-9-20-22/h2-6,9,11,14,17,23H,7-8,10,12-13H2,1H3,(H,19,24)/t14-,17-/m1/s1. The van der Waals surface area contributed by atoms with Crippen LogP contribution in [0.4, 0.5) is 4.79 Å². The van der Waals surface area contributed by atoms with Gasteiger partial charge in [-0.05, 0) is 42.5 Å². The summed E-state index contributed by atoms with van der Waals surface area (Å²) in [6.07, 6.45) is 4.87. The van der Waals surface area contributed by atoms with E-state index >= 15 is 0 Å². The Morgan fingerprint density at radius 3 is 2.83 bits per heavy atom. The molecule has 6 nitrogen and oxygen atoms in total. The Balaban J connectivity index is 1.45. The van der Waals surface area contributed by atoms with Crippen LogP contribution in [0.5, 0.6) is 0 Å². The first-order valence-electron chi connectivity index (χ1n) is 8.43. The number of hydrogen-bond donors (Lipinski definition) is 2. The average Bonchev–Trinajstić information content (AvgIpc) is 3.12. The Kier molecular flexibility index (Phi) is 5.15. The third-order valence-electron chi connectivity index (χ3n) is 4.60. The quantitative estimate of drug-likeness (QED) is 0.899. The molecule has 0 unspecified atom stereocenters. The molecule has 128 valence electrons. The van der Waals surface area contributed by atoms with Gasteiger partial charge in [-0.1, -0.05) is 19.1 Å². The van der Waals surface area contributed by atoms with Crippen LogP contribution >= 0.6 is 0 Å². The zero-order valence-electron chi connectivity index (χ0n) is 13.9. The highest BCUT2D eigenvalue weighted by atomic mass is 16.3. The molecule has 0 radical (unpaired) electrons. The van der Waals surface area contributed by atoms with Crippen LogP contribution in [-0.4, -0.2) is 51.6 Å². The van der Waals surface area contributed by atoms with E-state index in [0.29, 0.717) is 19.6 Å². The van der Waals surface area contributed by atoms with Gasteiger partial charge in [-0.15, -0.1) is 0 Å². The third kappa shape index (κ3) is 3.94. The number of hydrogen-bond acceptors (Lipinski definition) is 3. The van der Waals surface area contributed by atoms with Crippen LogP contribution in [0.15, 0.2) is 42.7 Å². The maximum atomic E-state index is 12.1. The Morgan fingerprint density at radius 1 is 1.38 bits per heavy atom. The number of benzene rings is 1. The molecule has 2 atom stereocenters. The van der Waals surface area contributed by atoms with Crippen molar-refractivity contribution in [2.75, 3.05) is 19.6 Å². The SMILES string of the molecule is C[C@@H]1CCN(C(=O)NCCc2ccc(-n3cccn3)cc2)C[C@H]1O. The molecular weight excluding hydrogens is 304 g/mol. The predicted octanol–water partition coefficient (Wildman–Crippen LogP) is 1.83. The molecule has 2 aromatic rings. The fourth-order valence-electron chi connectivity index (χ4n) is 2.90. The molecule has 1 aliphatic heterocycles. The van der Waals surface area contributed by atoms with Crippen molar-refractivity contribution in [1.29, 1.82) is 0 Å². The second kappa shape index (κ2) is 7.49. The van der Waals surface area contributed by atoms with Crippen molar-refractivity contribution < 1.29 is 9.90 Å². The maximum Gasteiger partial charge on any atom is 0.317 e. The number of carbonyl (C=O) groups excluding carboxylic acids is 1. The predicted molar refractivity (Wildman–Crippen MR) is 92.0 cm³/mol. The molecule has 0 spiro atoms. The summed E-state index contributed by atoms with van der Waals surface area (Å²) in [7, 11) is 0. The van der Waals surface area contributed by atoms with Crippen molar-refractivity contribution in [1.82, 2.24) is 20.0 Å². The van der Waals surface area contributed by atoms with Crippen molar-refractivity contribution in [3.05, 3.63) is 48.3 Å². The normalized spacial score (nSPS) is 20.8. The number of nitrogens with one attached hydrogen (secondary N) is 1. The molecule has 1 aliphatic rings. The van der Waals surface area contributed by atoms with Crippen LogP contribution < -0.4 is 5.32 Å². The summed E-state index contributed by atoms with van der Waals surface area (Å²) in [4.78, 5) is 13.8. The van der Waals surface area contributed by atoms with E-state index in [0.717, 1.165) is 18.5 Å². The lowest BCUT2D eigenvalue weighted by molar-refractivity contribution is 0.0436. The lowest BCUT2D eigenvalue weighted by atomic mass is 9.96. The molecule has 2 N–H and O–H groups in total. The second-order valence-electron chi connectivity index (χ2n) is 6.38. The highest BCUT2D eigenvalue weighted by Crippen LogP contribution is 2.16. The number of nitrogens with zero attached hydrogens (tertiary/aromatic N) is 3. The van der Waals surface area contributed by atoms with Crippen molar-refractivity contribution in [2.45, 2.75) is 25.9 Å². The molecule has 0 saturated carbocycles. The van der Waals surface area contributed by atoms with Gasteiger partial charge in [0.15, 0.2) is 0 Å². The number of aromatic nitrogens is 2. The van der Waals surface area contributed by atoms with Gasteiger partial charge in [0.05, 0.1) is 11.8 Å².